The minimum Gasteiger partial charge on any atom is -0.367 e. The van der Waals surface area contributed by atoms with Gasteiger partial charge in [-0.3, -0.25) is 9.59 Å². The van der Waals surface area contributed by atoms with Crippen molar-refractivity contribution in [1.29, 1.82) is 0 Å². The number of carbonyl (C=O) groups is 2. The summed E-state index contributed by atoms with van der Waals surface area (Å²) < 4.78 is 0. The van der Waals surface area contributed by atoms with Gasteiger partial charge in [-0.15, -0.1) is 0 Å². The first-order valence-electron chi connectivity index (χ1n) is 11.0. The van der Waals surface area contributed by atoms with E-state index in [-0.39, 0.29) is 23.0 Å². The van der Waals surface area contributed by atoms with E-state index in [1.807, 2.05) is 38.1 Å². The summed E-state index contributed by atoms with van der Waals surface area (Å²) in [6, 6.07) is 16.4. The molecular weight excluding hydrogens is 394 g/mol. The monoisotopic (exact) mass is 421 g/mol. The van der Waals surface area contributed by atoms with Crippen LogP contribution in [0.3, 0.4) is 0 Å². The van der Waals surface area contributed by atoms with Crippen molar-refractivity contribution in [2.45, 2.75) is 57.9 Å². The zero-order valence-electron chi connectivity index (χ0n) is 17.7. The van der Waals surface area contributed by atoms with Crippen molar-refractivity contribution in [2.24, 2.45) is 10.8 Å². The normalized spacial score (nSPS) is 27.0. The van der Waals surface area contributed by atoms with E-state index in [0.717, 1.165) is 30.6 Å². The minimum atomic E-state index is -0.927. The maximum Gasteiger partial charge on any atom is 0.149 e. The molecule has 2 fully saturated rings. The first-order chi connectivity index (χ1) is 14.3. The molecule has 0 unspecified atom stereocenters. The summed E-state index contributed by atoms with van der Waals surface area (Å²) in [7, 11) is 0. The van der Waals surface area contributed by atoms with E-state index in [9.17, 15) is 9.59 Å². The Labute approximate surface area is 183 Å². The number of fused-ring (bicyclic) bond motifs is 4. The second-order valence-corrected chi connectivity index (χ2v) is 10.6. The quantitative estimate of drug-likeness (QED) is 0.563. The van der Waals surface area contributed by atoms with E-state index in [1.165, 1.54) is 5.56 Å². The van der Waals surface area contributed by atoms with Crippen molar-refractivity contribution < 1.29 is 9.59 Å². The van der Waals surface area contributed by atoms with E-state index in [4.69, 9.17) is 11.6 Å². The van der Waals surface area contributed by atoms with E-state index in [2.05, 4.69) is 29.2 Å². The highest BCUT2D eigenvalue weighted by Crippen LogP contribution is 2.54. The third kappa shape index (κ3) is 3.01. The highest BCUT2D eigenvalue weighted by Gasteiger charge is 2.60. The van der Waals surface area contributed by atoms with Gasteiger partial charge < -0.3 is 4.90 Å². The van der Waals surface area contributed by atoms with Crippen molar-refractivity contribution in [3.63, 3.8) is 0 Å². The molecule has 1 saturated carbocycles. The van der Waals surface area contributed by atoms with Crippen molar-refractivity contribution >= 4 is 28.9 Å². The number of hydrogen-bond donors (Lipinski definition) is 0. The number of rotatable bonds is 1. The number of anilines is 1. The molecular formula is C26H28ClNO2. The van der Waals surface area contributed by atoms with Crippen LogP contribution in [0, 0.1) is 10.8 Å². The number of benzene rings is 2. The third-order valence-corrected chi connectivity index (χ3v) is 7.78. The third-order valence-electron chi connectivity index (χ3n) is 7.54. The summed E-state index contributed by atoms with van der Waals surface area (Å²) in [6.07, 6.45) is 3.30. The van der Waals surface area contributed by atoms with Crippen LogP contribution >= 0.6 is 11.6 Å². The maximum atomic E-state index is 13.7. The fraction of sp³-hybridized carbons (Fsp3) is 0.462. The van der Waals surface area contributed by atoms with Crippen molar-refractivity contribution in [3.8, 4) is 0 Å². The fourth-order valence-corrected chi connectivity index (χ4v) is 6.26. The van der Waals surface area contributed by atoms with Gasteiger partial charge in [-0.25, -0.2) is 0 Å². The number of ketones is 2. The van der Waals surface area contributed by atoms with E-state index < -0.39 is 5.41 Å². The molecule has 0 N–H and O–H groups in total. The van der Waals surface area contributed by atoms with E-state index >= 15 is 0 Å². The van der Waals surface area contributed by atoms with Crippen LogP contribution in [-0.2, 0) is 16.0 Å². The second-order valence-electron chi connectivity index (χ2n) is 10.1. The molecule has 2 atom stereocenters. The summed E-state index contributed by atoms with van der Waals surface area (Å²) in [5.41, 5.74) is 2.31. The Balaban J connectivity index is 1.62. The molecule has 30 heavy (non-hydrogen) atoms. The molecule has 0 aromatic heterocycles. The standard InChI is InChI=1S/C26H28ClNO2/c1-25(2)15-23(29)26(24(30)16-25)14-19-8-9-20(27)13-21(19)28-11-10-18(12-22(26)28)17-6-4-3-5-7-17/h3-9,13,18,22H,10-12,14-16H2,1-2H3/t18-,22-/m0/s1. The number of nitrogens with zero attached hydrogens (tertiary/aromatic N) is 1. The molecule has 2 aliphatic heterocycles. The average Bonchev–Trinajstić information content (AvgIpc) is 2.72. The molecule has 0 bridgehead atoms. The van der Waals surface area contributed by atoms with Crippen LogP contribution in [0.4, 0.5) is 5.69 Å². The summed E-state index contributed by atoms with van der Waals surface area (Å²) in [5.74, 6) is 0.627. The van der Waals surface area contributed by atoms with Gasteiger partial charge in [0.2, 0.25) is 0 Å². The van der Waals surface area contributed by atoms with Gasteiger partial charge in [0.25, 0.3) is 0 Å². The smallest absolute Gasteiger partial charge is 0.149 e. The predicted molar refractivity (Wildman–Crippen MR) is 120 cm³/mol. The fourth-order valence-electron chi connectivity index (χ4n) is 6.09. The van der Waals surface area contributed by atoms with Gasteiger partial charge in [0.1, 0.15) is 17.0 Å². The lowest BCUT2D eigenvalue weighted by Gasteiger charge is -2.56. The van der Waals surface area contributed by atoms with Gasteiger partial charge in [-0.05, 0) is 53.9 Å². The zero-order valence-corrected chi connectivity index (χ0v) is 18.4. The van der Waals surface area contributed by atoms with E-state index in [0.29, 0.717) is 30.2 Å². The van der Waals surface area contributed by atoms with Crippen LogP contribution in [-0.4, -0.2) is 24.2 Å². The lowest BCUT2D eigenvalue weighted by Crippen LogP contribution is -2.65. The molecule has 1 saturated heterocycles. The summed E-state index contributed by atoms with van der Waals surface area (Å²) >= 11 is 6.34. The van der Waals surface area contributed by atoms with Gasteiger partial charge in [-0.2, -0.15) is 0 Å². The molecule has 156 valence electrons. The lowest BCUT2D eigenvalue weighted by molar-refractivity contribution is -0.151. The second kappa shape index (κ2) is 6.95. The van der Waals surface area contributed by atoms with Crippen LogP contribution in [0.5, 0.6) is 0 Å². The molecule has 2 aromatic carbocycles. The molecule has 1 aliphatic carbocycles. The Morgan fingerprint density at radius 1 is 0.967 bits per heavy atom. The SMILES string of the molecule is CC1(C)CC(=O)C2(Cc3ccc(Cl)cc3N3CC[C@H](c4ccccc4)C[C@H]32)C(=O)C1. The Hall–Kier alpha value is -2.13. The number of piperidine rings is 1. The summed E-state index contributed by atoms with van der Waals surface area (Å²) in [5, 5.41) is 0.705. The largest absolute Gasteiger partial charge is 0.367 e. The van der Waals surface area contributed by atoms with Gasteiger partial charge in [-0.1, -0.05) is 61.8 Å². The average molecular weight is 422 g/mol. The Kier molecular flexibility index (Phi) is 4.59. The van der Waals surface area contributed by atoms with Crippen molar-refractivity contribution in [1.82, 2.24) is 0 Å². The molecule has 0 amide bonds. The topological polar surface area (TPSA) is 37.4 Å². The number of carbonyl (C=O) groups excluding carboxylic acids is 2. The number of hydrogen-bond acceptors (Lipinski definition) is 3. The zero-order chi connectivity index (χ0) is 21.1. The molecule has 3 aliphatic rings. The van der Waals surface area contributed by atoms with Gasteiger partial charge in [0, 0.05) is 36.1 Å². The molecule has 0 radical (unpaired) electrons. The first kappa shape index (κ1) is 19.8. The molecule has 2 heterocycles. The van der Waals surface area contributed by atoms with Gasteiger partial charge in [0.05, 0.1) is 0 Å². The molecule has 5 rings (SSSR count). The van der Waals surface area contributed by atoms with Crippen molar-refractivity contribution in [2.75, 3.05) is 11.4 Å². The van der Waals surface area contributed by atoms with Crippen LogP contribution < -0.4 is 4.90 Å². The van der Waals surface area contributed by atoms with Gasteiger partial charge >= 0.3 is 0 Å². The maximum absolute atomic E-state index is 13.7. The Bertz CT molecular complexity index is 993. The van der Waals surface area contributed by atoms with Crippen LogP contribution in [0.2, 0.25) is 5.02 Å². The van der Waals surface area contributed by atoms with Crippen LogP contribution in [0.25, 0.3) is 0 Å². The molecule has 3 nitrogen and oxygen atoms in total. The van der Waals surface area contributed by atoms with Crippen molar-refractivity contribution in [3.05, 3.63) is 64.7 Å². The number of Topliss-reactive ketones (excluding diaryl/α,β-unsaturated/α-hetero) is 2. The highest BCUT2D eigenvalue weighted by atomic mass is 35.5. The van der Waals surface area contributed by atoms with Gasteiger partial charge in [0.15, 0.2) is 0 Å². The van der Waals surface area contributed by atoms with Crippen LogP contribution in [0.15, 0.2) is 48.5 Å². The molecule has 1 spiro atoms. The molecule has 2 aromatic rings. The minimum absolute atomic E-state index is 0.0986. The number of halogens is 1. The van der Waals surface area contributed by atoms with E-state index in [1.54, 1.807) is 0 Å². The molecule has 4 heteroatoms. The lowest BCUT2D eigenvalue weighted by atomic mass is 9.55. The van der Waals surface area contributed by atoms with Crippen LogP contribution in [0.1, 0.15) is 56.6 Å². The Morgan fingerprint density at radius 3 is 2.37 bits per heavy atom. The highest BCUT2D eigenvalue weighted by molar-refractivity contribution is 6.31. The Morgan fingerprint density at radius 2 is 1.67 bits per heavy atom. The summed E-state index contributed by atoms with van der Waals surface area (Å²) in [6.45, 7) is 4.92. The summed E-state index contributed by atoms with van der Waals surface area (Å²) in [4.78, 5) is 29.7. The first-order valence-corrected chi connectivity index (χ1v) is 11.3. The predicted octanol–water partition coefficient (Wildman–Crippen LogP) is 5.59.